The zero-order chi connectivity index (χ0) is 15.5. The van der Waals surface area contributed by atoms with E-state index in [2.05, 4.69) is 5.32 Å². The Morgan fingerprint density at radius 1 is 1.24 bits per heavy atom. The van der Waals surface area contributed by atoms with Crippen LogP contribution in [0.2, 0.25) is 0 Å². The molecular formula is C15H22N2O3S. The largest absolute Gasteiger partial charge is 0.329 e. The lowest BCUT2D eigenvalue weighted by Gasteiger charge is -2.34. The number of hydrogen-bond acceptors (Lipinski definition) is 4. The molecular weight excluding hydrogens is 288 g/mol. The minimum atomic E-state index is -3.38. The molecule has 0 atom stereocenters. The topological polar surface area (TPSA) is 89.3 Å². The average molecular weight is 310 g/mol. The van der Waals surface area contributed by atoms with E-state index >= 15 is 0 Å². The standard InChI is InChI=1S/C15H22N2O3S/c1-21(19,20)13-8-4-3-7-12(13)17-14(18)15(11-16)9-5-2-6-10-15/h3-4,7-8H,2,5-6,9-11,16H2,1H3,(H,17,18). The van der Waals surface area contributed by atoms with Crippen LogP contribution in [0.1, 0.15) is 32.1 Å². The molecule has 0 radical (unpaired) electrons. The maximum atomic E-state index is 12.6. The highest BCUT2D eigenvalue weighted by atomic mass is 32.2. The zero-order valence-electron chi connectivity index (χ0n) is 12.3. The molecule has 1 aliphatic rings. The molecule has 3 N–H and O–H groups in total. The van der Waals surface area contributed by atoms with E-state index < -0.39 is 15.3 Å². The molecule has 1 aliphatic carbocycles. The highest BCUT2D eigenvalue weighted by molar-refractivity contribution is 7.90. The first kappa shape index (κ1) is 16.0. The quantitative estimate of drug-likeness (QED) is 0.889. The second-order valence-electron chi connectivity index (χ2n) is 5.77. The van der Waals surface area contributed by atoms with Crippen molar-refractivity contribution in [2.45, 2.75) is 37.0 Å². The summed E-state index contributed by atoms with van der Waals surface area (Å²) in [6.07, 6.45) is 5.75. The first-order valence-corrected chi connectivity index (χ1v) is 9.09. The number of sulfone groups is 1. The summed E-state index contributed by atoms with van der Waals surface area (Å²) in [5.41, 5.74) is 5.61. The summed E-state index contributed by atoms with van der Waals surface area (Å²) in [6, 6.07) is 6.47. The van der Waals surface area contributed by atoms with Crippen LogP contribution in [0.3, 0.4) is 0 Å². The van der Waals surface area contributed by atoms with Crippen molar-refractivity contribution in [3.63, 3.8) is 0 Å². The Kier molecular flexibility index (Phi) is 4.68. The van der Waals surface area contributed by atoms with Crippen molar-refractivity contribution in [2.24, 2.45) is 11.1 Å². The van der Waals surface area contributed by atoms with Gasteiger partial charge in [-0.2, -0.15) is 0 Å². The van der Waals surface area contributed by atoms with Gasteiger partial charge in [-0.25, -0.2) is 8.42 Å². The molecule has 1 saturated carbocycles. The molecule has 6 heteroatoms. The van der Waals surface area contributed by atoms with E-state index in [9.17, 15) is 13.2 Å². The molecule has 1 aromatic carbocycles. The lowest BCUT2D eigenvalue weighted by molar-refractivity contribution is -0.126. The van der Waals surface area contributed by atoms with Crippen LogP contribution < -0.4 is 11.1 Å². The molecule has 21 heavy (non-hydrogen) atoms. The SMILES string of the molecule is CS(=O)(=O)c1ccccc1NC(=O)C1(CN)CCCCC1. The van der Waals surface area contributed by atoms with Crippen LogP contribution in [0.15, 0.2) is 29.2 Å². The second-order valence-corrected chi connectivity index (χ2v) is 7.75. The van der Waals surface area contributed by atoms with Crippen molar-refractivity contribution < 1.29 is 13.2 Å². The number of nitrogens with two attached hydrogens (primary N) is 1. The lowest BCUT2D eigenvalue weighted by Crippen LogP contribution is -2.44. The van der Waals surface area contributed by atoms with Gasteiger partial charge in [0.15, 0.2) is 9.84 Å². The fraction of sp³-hybridized carbons (Fsp3) is 0.533. The number of carbonyl (C=O) groups is 1. The number of anilines is 1. The van der Waals surface area contributed by atoms with E-state index in [1.54, 1.807) is 18.2 Å². The van der Waals surface area contributed by atoms with E-state index in [0.29, 0.717) is 12.2 Å². The number of para-hydroxylation sites is 1. The number of rotatable bonds is 4. The van der Waals surface area contributed by atoms with Gasteiger partial charge in [-0.05, 0) is 25.0 Å². The Hall–Kier alpha value is -1.40. The summed E-state index contributed by atoms with van der Waals surface area (Å²) < 4.78 is 23.6. The van der Waals surface area contributed by atoms with Crippen LogP contribution in [0, 0.1) is 5.41 Å². The van der Waals surface area contributed by atoms with E-state index in [1.807, 2.05) is 0 Å². The predicted molar refractivity (Wildman–Crippen MR) is 82.8 cm³/mol. The fourth-order valence-corrected chi connectivity index (χ4v) is 3.74. The molecule has 0 aromatic heterocycles. The lowest BCUT2D eigenvalue weighted by atomic mass is 9.73. The van der Waals surface area contributed by atoms with Crippen molar-refractivity contribution >= 4 is 21.4 Å². The molecule has 1 fully saturated rings. The Labute approximate surface area is 125 Å². The first-order chi connectivity index (χ1) is 9.89. The summed E-state index contributed by atoms with van der Waals surface area (Å²) in [6.45, 7) is 0.292. The van der Waals surface area contributed by atoms with Crippen molar-refractivity contribution in [1.29, 1.82) is 0 Å². The third kappa shape index (κ3) is 3.44. The summed E-state index contributed by atoms with van der Waals surface area (Å²) in [5, 5.41) is 2.78. The molecule has 116 valence electrons. The van der Waals surface area contributed by atoms with E-state index in [4.69, 9.17) is 5.73 Å². The maximum absolute atomic E-state index is 12.6. The van der Waals surface area contributed by atoms with Gasteiger partial charge in [-0.1, -0.05) is 31.4 Å². The Balaban J connectivity index is 2.28. The van der Waals surface area contributed by atoms with Gasteiger partial charge in [0.2, 0.25) is 5.91 Å². The highest BCUT2D eigenvalue weighted by Gasteiger charge is 2.38. The van der Waals surface area contributed by atoms with Crippen LogP contribution in [0.25, 0.3) is 0 Å². The predicted octanol–water partition coefficient (Wildman–Crippen LogP) is 1.94. The minimum Gasteiger partial charge on any atom is -0.329 e. The number of amides is 1. The molecule has 0 spiro atoms. The molecule has 1 aromatic rings. The zero-order valence-corrected chi connectivity index (χ0v) is 13.1. The normalized spacial score (nSPS) is 18.2. The van der Waals surface area contributed by atoms with Gasteiger partial charge < -0.3 is 11.1 Å². The third-order valence-electron chi connectivity index (χ3n) is 4.22. The van der Waals surface area contributed by atoms with Gasteiger partial charge in [-0.3, -0.25) is 4.79 Å². The Morgan fingerprint density at radius 2 is 1.86 bits per heavy atom. The minimum absolute atomic E-state index is 0.140. The van der Waals surface area contributed by atoms with Crippen molar-refractivity contribution in [1.82, 2.24) is 0 Å². The summed E-state index contributed by atoms with van der Waals surface area (Å²) >= 11 is 0. The van der Waals surface area contributed by atoms with Gasteiger partial charge in [-0.15, -0.1) is 0 Å². The summed E-state index contributed by atoms with van der Waals surface area (Å²) in [4.78, 5) is 12.8. The van der Waals surface area contributed by atoms with Crippen molar-refractivity contribution in [3.05, 3.63) is 24.3 Å². The Bertz CT molecular complexity index is 620. The third-order valence-corrected chi connectivity index (χ3v) is 5.37. The fourth-order valence-electron chi connectivity index (χ4n) is 2.90. The van der Waals surface area contributed by atoms with Gasteiger partial charge in [0.1, 0.15) is 0 Å². The van der Waals surface area contributed by atoms with Gasteiger partial charge >= 0.3 is 0 Å². The van der Waals surface area contributed by atoms with Crippen molar-refractivity contribution in [3.8, 4) is 0 Å². The van der Waals surface area contributed by atoms with E-state index in [-0.39, 0.29) is 10.8 Å². The molecule has 0 heterocycles. The molecule has 0 saturated heterocycles. The highest BCUT2D eigenvalue weighted by Crippen LogP contribution is 2.37. The number of hydrogen-bond donors (Lipinski definition) is 2. The van der Waals surface area contributed by atoms with Crippen LogP contribution in [0.5, 0.6) is 0 Å². The molecule has 0 bridgehead atoms. The molecule has 1 amide bonds. The van der Waals surface area contributed by atoms with Gasteiger partial charge in [0.05, 0.1) is 16.0 Å². The Morgan fingerprint density at radius 3 is 2.43 bits per heavy atom. The van der Waals surface area contributed by atoms with Gasteiger partial charge in [0.25, 0.3) is 0 Å². The second kappa shape index (κ2) is 6.15. The molecule has 5 nitrogen and oxygen atoms in total. The summed E-state index contributed by atoms with van der Waals surface area (Å²) in [5.74, 6) is -0.166. The van der Waals surface area contributed by atoms with Crippen LogP contribution in [-0.2, 0) is 14.6 Å². The van der Waals surface area contributed by atoms with Crippen LogP contribution >= 0.6 is 0 Å². The van der Waals surface area contributed by atoms with E-state index in [1.165, 1.54) is 6.07 Å². The van der Waals surface area contributed by atoms with Crippen molar-refractivity contribution in [2.75, 3.05) is 18.1 Å². The van der Waals surface area contributed by atoms with Gasteiger partial charge in [0, 0.05) is 12.8 Å². The molecule has 2 rings (SSSR count). The van der Waals surface area contributed by atoms with E-state index in [0.717, 1.165) is 38.4 Å². The van der Waals surface area contributed by atoms with Crippen LogP contribution in [0.4, 0.5) is 5.69 Å². The number of benzene rings is 1. The number of carbonyl (C=O) groups excluding carboxylic acids is 1. The molecule has 0 unspecified atom stereocenters. The smallest absolute Gasteiger partial charge is 0.231 e. The monoisotopic (exact) mass is 310 g/mol. The average Bonchev–Trinajstić information content (AvgIpc) is 2.47. The number of nitrogens with one attached hydrogen (secondary N) is 1. The maximum Gasteiger partial charge on any atom is 0.231 e. The first-order valence-electron chi connectivity index (χ1n) is 7.20. The van der Waals surface area contributed by atoms with Crippen LogP contribution in [-0.4, -0.2) is 27.1 Å². The summed E-state index contributed by atoms with van der Waals surface area (Å²) in [7, 11) is -3.38. The molecule has 0 aliphatic heterocycles.